The predicted octanol–water partition coefficient (Wildman–Crippen LogP) is 2.57. The molecule has 1 saturated heterocycles. The first-order chi connectivity index (χ1) is 13.6. The lowest BCUT2D eigenvalue weighted by Gasteiger charge is -2.32. The Morgan fingerprint density at radius 1 is 1.07 bits per heavy atom. The molecule has 2 amide bonds. The maximum atomic E-state index is 13.2. The number of carbonyl (C=O) groups excluding carboxylic acids is 2. The Morgan fingerprint density at radius 3 is 2.57 bits per heavy atom. The third-order valence-electron chi connectivity index (χ3n) is 5.88. The molecule has 146 valence electrons. The maximum Gasteiger partial charge on any atom is 0.243 e. The van der Waals surface area contributed by atoms with Gasteiger partial charge >= 0.3 is 0 Å². The third-order valence-corrected chi connectivity index (χ3v) is 5.88. The minimum Gasteiger partial charge on any atom is -0.348 e. The van der Waals surface area contributed by atoms with E-state index in [1.165, 1.54) is 11.1 Å². The first-order valence-electron chi connectivity index (χ1n) is 10.1. The van der Waals surface area contributed by atoms with E-state index in [0.29, 0.717) is 19.5 Å². The molecule has 2 aliphatic heterocycles. The Bertz CT molecular complexity index is 852. The summed E-state index contributed by atoms with van der Waals surface area (Å²) in [6.45, 7) is 3.33. The van der Waals surface area contributed by atoms with Crippen molar-refractivity contribution in [2.24, 2.45) is 0 Å². The van der Waals surface area contributed by atoms with E-state index in [4.69, 9.17) is 0 Å². The van der Waals surface area contributed by atoms with E-state index in [-0.39, 0.29) is 29.9 Å². The molecule has 5 heteroatoms. The highest BCUT2D eigenvalue weighted by Crippen LogP contribution is 2.23. The molecule has 0 spiro atoms. The number of nitrogens with zero attached hydrogens (tertiary/aromatic N) is 1. The van der Waals surface area contributed by atoms with E-state index in [1.54, 1.807) is 4.90 Å². The Kier molecular flexibility index (Phi) is 5.44. The van der Waals surface area contributed by atoms with Crippen LogP contribution in [0.1, 0.15) is 42.5 Å². The molecule has 0 bridgehead atoms. The fourth-order valence-corrected chi connectivity index (χ4v) is 4.27. The van der Waals surface area contributed by atoms with Gasteiger partial charge in [0.2, 0.25) is 11.8 Å². The van der Waals surface area contributed by atoms with Crippen LogP contribution >= 0.6 is 0 Å². The molecule has 2 aromatic rings. The van der Waals surface area contributed by atoms with Crippen molar-refractivity contribution >= 4 is 11.8 Å². The number of hydrogen-bond acceptors (Lipinski definition) is 3. The Hall–Kier alpha value is -2.66. The van der Waals surface area contributed by atoms with E-state index in [0.717, 1.165) is 18.4 Å². The number of likely N-dealkylation sites (tertiary alicyclic amines) is 1. The quantitative estimate of drug-likeness (QED) is 0.861. The topological polar surface area (TPSA) is 61.4 Å². The second kappa shape index (κ2) is 8.15. The summed E-state index contributed by atoms with van der Waals surface area (Å²) in [5.41, 5.74) is 3.54. The lowest BCUT2D eigenvalue weighted by atomic mass is 9.95. The Balaban J connectivity index is 1.42. The molecule has 0 radical (unpaired) electrons. The molecule has 2 aliphatic rings. The number of nitrogens with one attached hydrogen (secondary N) is 2. The smallest absolute Gasteiger partial charge is 0.243 e. The van der Waals surface area contributed by atoms with Crippen molar-refractivity contribution in [1.82, 2.24) is 15.5 Å². The van der Waals surface area contributed by atoms with Crippen LogP contribution in [0.3, 0.4) is 0 Å². The van der Waals surface area contributed by atoms with Crippen LogP contribution in [0.4, 0.5) is 0 Å². The van der Waals surface area contributed by atoms with E-state index in [9.17, 15) is 9.59 Å². The lowest BCUT2D eigenvalue weighted by molar-refractivity contribution is -0.140. The maximum absolute atomic E-state index is 13.2. The van der Waals surface area contributed by atoms with Crippen LogP contribution in [0.5, 0.6) is 0 Å². The molecule has 2 N–H and O–H groups in total. The molecule has 2 aromatic carbocycles. The number of carbonyl (C=O) groups is 2. The van der Waals surface area contributed by atoms with Crippen molar-refractivity contribution < 1.29 is 9.59 Å². The average molecular weight is 377 g/mol. The molecule has 0 saturated carbocycles. The molecule has 0 aliphatic carbocycles. The number of amides is 2. The van der Waals surface area contributed by atoms with Crippen LogP contribution in [0.25, 0.3) is 0 Å². The number of rotatable bonds is 4. The minimum absolute atomic E-state index is 0.0412. The van der Waals surface area contributed by atoms with Gasteiger partial charge in [0.05, 0.1) is 12.1 Å². The van der Waals surface area contributed by atoms with Gasteiger partial charge in [-0.25, -0.2) is 0 Å². The third kappa shape index (κ3) is 3.80. The molecule has 1 fully saturated rings. The molecular weight excluding hydrogens is 350 g/mol. The summed E-state index contributed by atoms with van der Waals surface area (Å²) in [5, 5.41) is 6.44. The molecule has 28 heavy (non-hydrogen) atoms. The lowest BCUT2D eigenvalue weighted by Crippen LogP contribution is -2.54. The zero-order valence-electron chi connectivity index (χ0n) is 16.2. The van der Waals surface area contributed by atoms with Gasteiger partial charge in [0.1, 0.15) is 6.04 Å². The summed E-state index contributed by atoms with van der Waals surface area (Å²) in [6, 6.07) is 17.4. The summed E-state index contributed by atoms with van der Waals surface area (Å²) in [7, 11) is 0. The summed E-state index contributed by atoms with van der Waals surface area (Å²) >= 11 is 0. The SMILES string of the molecule is CC(NC(=O)C1CCCN1C(=O)C1Cc2ccccc2CN1)c1ccccc1. The van der Waals surface area contributed by atoms with Crippen LogP contribution < -0.4 is 10.6 Å². The second-order valence-corrected chi connectivity index (χ2v) is 7.74. The van der Waals surface area contributed by atoms with Crippen LogP contribution in [-0.4, -0.2) is 35.3 Å². The Morgan fingerprint density at radius 2 is 1.79 bits per heavy atom. The van der Waals surface area contributed by atoms with Gasteiger partial charge in [-0.15, -0.1) is 0 Å². The van der Waals surface area contributed by atoms with E-state index >= 15 is 0 Å². The summed E-state index contributed by atoms with van der Waals surface area (Å²) in [6.07, 6.45) is 2.27. The van der Waals surface area contributed by atoms with Gasteiger partial charge in [0.15, 0.2) is 0 Å². The highest BCUT2D eigenvalue weighted by atomic mass is 16.2. The van der Waals surface area contributed by atoms with Crippen LogP contribution in [0.2, 0.25) is 0 Å². The van der Waals surface area contributed by atoms with Crippen molar-refractivity contribution in [3.05, 3.63) is 71.3 Å². The zero-order chi connectivity index (χ0) is 19.5. The monoisotopic (exact) mass is 377 g/mol. The average Bonchev–Trinajstić information content (AvgIpc) is 3.23. The van der Waals surface area contributed by atoms with Crippen LogP contribution in [0, 0.1) is 0 Å². The second-order valence-electron chi connectivity index (χ2n) is 7.74. The summed E-state index contributed by atoms with van der Waals surface area (Å²) < 4.78 is 0. The standard InChI is InChI=1S/C23H27N3O2/c1-16(17-8-3-2-4-9-17)25-22(27)21-12-7-13-26(21)23(28)20-14-18-10-5-6-11-19(18)15-24-20/h2-6,8-11,16,20-21,24H,7,12-15H2,1H3,(H,25,27). The molecule has 0 aromatic heterocycles. The summed E-state index contributed by atoms with van der Waals surface area (Å²) in [5.74, 6) is -0.0158. The molecule has 4 rings (SSSR count). The van der Waals surface area contributed by atoms with E-state index in [1.807, 2.05) is 49.4 Å². The normalized spacial score (nSPS) is 22.4. The molecule has 3 unspecified atom stereocenters. The van der Waals surface area contributed by atoms with Crippen LogP contribution in [0.15, 0.2) is 54.6 Å². The van der Waals surface area contributed by atoms with Gasteiger partial charge in [-0.3, -0.25) is 9.59 Å². The first-order valence-corrected chi connectivity index (χ1v) is 10.1. The molecule has 2 heterocycles. The molecule has 5 nitrogen and oxygen atoms in total. The van der Waals surface area contributed by atoms with E-state index < -0.39 is 0 Å². The van der Waals surface area contributed by atoms with Gasteiger partial charge in [0, 0.05) is 13.1 Å². The number of hydrogen-bond donors (Lipinski definition) is 2. The number of fused-ring (bicyclic) bond motifs is 1. The molecule has 3 atom stereocenters. The fraction of sp³-hybridized carbons (Fsp3) is 0.391. The van der Waals surface area contributed by atoms with E-state index in [2.05, 4.69) is 22.8 Å². The van der Waals surface area contributed by atoms with Gasteiger partial charge in [0.25, 0.3) is 0 Å². The Labute approximate surface area is 166 Å². The zero-order valence-corrected chi connectivity index (χ0v) is 16.2. The van der Waals surface area contributed by atoms with Gasteiger partial charge in [-0.05, 0) is 42.9 Å². The largest absolute Gasteiger partial charge is 0.348 e. The van der Waals surface area contributed by atoms with Crippen molar-refractivity contribution in [2.45, 2.75) is 50.9 Å². The van der Waals surface area contributed by atoms with Crippen molar-refractivity contribution in [3.8, 4) is 0 Å². The van der Waals surface area contributed by atoms with Crippen LogP contribution in [-0.2, 0) is 22.6 Å². The fourth-order valence-electron chi connectivity index (χ4n) is 4.27. The highest BCUT2D eigenvalue weighted by Gasteiger charge is 2.38. The van der Waals surface area contributed by atoms with Crippen molar-refractivity contribution in [1.29, 1.82) is 0 Å². The predicted molar refractivity (Wildman–Crippen MR) is 109 cm³/mol. The van der Waals surface area contributed by atoms with Gasteiger partial charge in [-0.2, -0.15) is 0 Å². The highest BCUT2D eigenvalue weighted by molar-refractivity contribution is 5.90. The number of benzene rings is 2. The summed E-state index contributed by atoms with van der Waals surface area (Å²) in [4.78, 5) is 27.8. The molecular formula is C23H27N3O2. The first kappa shape index (κ1) is 18.7. The van der Waals surface area contributed by atoms with Crippen molar-refractivity contribution in [3.63, 3.8) is 0 Å². The van der Waals surface area contributed by atoms with Gasteiger partial charge < -0.3 is 15.5 Å². The van der Waals surface area contributed by atoms with Gasteiger partial charge in [-0.1, -0.05) is 54.6 Å². The minimum atomic E-state index is -0.377. The van der Waals surface area contributed by atoms with Crippen molar-refractivity contribution in [2.75, 3.05) is 6.54 Å².